The van der Waals surface area contributed by atoms with Crippen molar-refractivity contribution in [2.24, 2.45) is 5.92 Å². The van der Waals surface area contributed by atoms with Crippen LogP contribution in [0.25, 0.3) is 0 Å². The van der Waals surface area contributed by atoms with E-state index >= 15 is 0 Å². The summed E-state index contributed by atoms with van der Waals surface area (Å²) < 4.78 is 0. The average Bonchev–Trinajstić information content (AvgIpc) is 3.19. The molecular weight excluding hydrogens is 246 g/mol. The summed E-state index contributed by atoms with van der Waals surface area (Å²) in [7, 11) is 0. The Hall–Kier alpha value is -1.92. The van der Waals surface area contributed by atoms with Crippen molar-refractivity contribution < 1.29 is 4.92 Å². The first-order valence-corrected chi connectivity index (χ1v) is 6.70. The molecule has 104 valence electrons. The van der Waals surface area contributed by atoms with Crippen molar-refractivity contribution in [1.82, 2.24) is 9.97 Å². The number of nitrogens with zero attached hydrogens (tertiary/aromatic N) is 3. The van der Waals surface area contributed by atoms with Crippen LogP contribution in [-0.2, 0) is 0 Å². The molecule has 7 nitrogen and oxygen atoms in total. The largest absolute Gasteiger partial charge is 0.364 e. The summed E-state index contributed by atoms with van der Waals surface area (Å²) >= 11 is 0. The third-order valence-corrected chi connectivity index (χ3v) is 3.08. The Morgan fingerprint density at radius 3 is 2.89 bits per heavy atom. The topological polar surface area (TPSA) is 93.0 Å². The standard InChI is InChI=1S/C12H19N5O2/c1-2-13-12-15-8-10(17(18)19)11(16-12)14-7-3-4-9-5-6-9/h8-9H,2-7H2,1H3,(H2,13,14,15,16). The highest BCUT2D eigenvalue weighted by Gasteiger charge is 2.21. The zero-order valence-corrected chi connectivity index (χ0v) is 11.1. The minimum Gasteiger partial charge on any atom is -0.364 e. The van der Waals surface area contributed by atoms with E-state index in [2.05, 4.69) is 20.6 Å². The van der Waals surface area contributed by atoms with Crippen LogP contribution in [0.5, 0.6) is 0 Å². The maximum Gasteiger partial charge on any atom is 0.329 e. The Bertz CT molecular complexity index is 448. The molecule has 0 spiro atoms. The van der Waals surface area contributed by atoms with Crippen LogP contribution in [0.4, 0.5) is 17.5 Å². The molecule has 0 aliphatic heterocycles. The van der Waals surface area contributed by atoms with E-state index in [-0.39, 0.29) is 5.69 Å². The summed E-state index contributed by atoms with van der Waals surface area (Å²) in [5.41, 5.74) is -0.0759. The lowest BCUT2D eigenvalue weighted by Crippen LogP contribution is -2.10. The molecule has 1 saturated carbocycles. The Morgan fingerprint density at radius 2 is 2.26 bits per heavy atom. The molecule has 7 heteroatoms. The van der Waals surface area contributed by atoms with Gasteiger partial charge in [-0.3, -0.25) is 10.1 Å². The van der Waals surface area contributed by atoms with Gasteiger partial charge in [0.15, 0.2) is 0 Å². The predicted molar refractivity (Wildman–Crippen MR) is 73.3 cm³/mol. The number of anilines is 2. The fourth-order valence-corrected chi connectivity index (χ4v) is 1.89. The van der Waals surface area contributed by atoms with Gasteiger partial charge in [-0.15, -0.1) is 0 Å². The summed E-state index contributed by atoms with van der Waals surface area (Å²) in [6.45, 7) is 3.31. The van der Waals surface area contributed by atoms with Gasteiger partial charge in [0, 0.05) is 13.1 Å². The van der Waals surface area contributed by atoms with Crippen molar-refractivity contribution in [3.8, 4) is 0 Å². The van der Waals surface area contributed by atoms with E-state index in [9.17, 15) is 10.1 Å². The second-order valence-electron chi connectivity index (χ2n) is 4.73. The summed E-state index contributed by atoms with van der Waals surface area (Å²) in [6.07, 6.45) is 6.11. The van der Waals surface area contributed by atoms with Gasteiger partial charge >= 0.3 is 5.69 Å². The number of hydrogen-bond donors (Lipinski definition) is 2. The summed E-state index contributed by atoms with van der Waals surface area (Å²) in [6, 6.07) is 0. The van der Waals surface area contributed by atoms with Gasteiger partial charge in [0.2, 0.25) is 11.8 Å². The quantitative estimate of drug-likeness (QED) is 0.426. The Morgan fingerprint density at radius 1 is 1.47 bits per heavy atom. The molecule has 0 saturated heterocycles. The fraction of sp³-hybridized carbons (Fsp3) is 0.667. The molecule has 1 aliphatic rings. The maximum absolute atomic E-state index is 10.9. The van der Waals surface area contributed by atoms with Gasteiger partial charge in [0.25, 0.3) is 0 Å². The molecule has 0 bridgehead atoms. The normalized spacial score (nSPS) is 14.2. The lowest BCUT2D eigenvalue weighted by molar-refractivity contribution is -0.384. The lowest BCUT2D eigenvalue weighted by atomic mass is 10.2. The number of rotatable bonds is 8. The highest BCUT2D eigenvalue weighted by molar-refractivity contribution is 5.56. The number of nitrogens with one attached hydrogen (secondary N) is 2. The molecule has 1 aliphatic carbocycles. The van der Waals surface area contributed by atoms with Gasteiger partial charge in [-0.1, -0.05) is 12.8 Å². The molecule has 1 fully saturated rings. The molecule has 1 aromatic heterocycles. The van der Waals surface area contributed by atoms with Crippen molar-refractivity contribution in [1.29, 1.82) is 0 Å². The summed E-state index contributed by atoms with van der Waals surface area (Å²) in [5, 5.41) is 16.9. The highest BCUT2D eigenvalue weighted by Crippen LogP contribution is 2.33. The SMILES string of the molecule is CCNc1ncc([N+](=O)[O-])c(NCCCC2CC2)n1. The first-order chi connectivity index (χ1) is 9.20. The molecule has 1 aromatic rings. The van der Waals surface area contributed by atoms with Gasteiger partial charge in [-0.05, 0) is 25.7 Å². The molecule has 2 N–H and O–H groups in total. The monoisotopic (exact) mass is 265 g/mol. The van der Waals surface area contributed by atoms with E-state index in [1.54, 1.807) is 0 Å². The number of nitro groups is 1. The highest BCUT2D eigenvalue weighted by atomic mass is 16.6. The van der Waals surface area contributed by atoms with E-state index in [1.807, 2.05) is 6.92 Å². The Kier molecular flexibility index (Phi) is 4.48. The number of hydrogen-bond acceptors (Lipinski definition) is 6. The minimum absolute atomic E-state index is 0.0759. The van der Waals surface area contributed by atoms with Crippen LogP contribution in [-0.4, -0.2) is 28.0 Å². The van der Waals surface area contributed by atoms with Crippen LogP contribution >= 0.6 is 0 Å². The van der Waals surface area contributed by atoms with Crippen molar-refractivity contribution >= 4 is 17.5 Å². The van der Waals surface area contributed by atoms with E-state index in [0.29, 0.717) is 24.9 Å². The number of aromatic nitrogens is 2. The van der Waals surface area contributed by atoms with Crippen molar-refractivity contribution in [2.75, 3.05) is 23.7 Å². The molecule has 19 heavy (non-hydrogen) atoms. The molecule has 1 heterocycles. The van der Waals surface area contributed by atoms with Crippen LogP contribution in [0.15, 0.2) is 6.20 Å². The van der Waals surface area contributed by atoms with Crippen molar-refractivity contribution in [3.05, 3.63) is 16.3 Å². The maximum atomic E-state index is 10.9. The van der Waals surface area contributed by atoms with Gasteiger partial charge in [-0.2, -0.15) is 4.98 Å². The van der Waals surface area contributed by atoms with Crippen LogP contribution in [0, 0.1) is 16.0 Å². The molecule has 0 aromatic carbocycles. The zero-order chi connectivity index (χ0) is 13.7. The van der Waals surface area contributed by atoms with Crippen LogP contribution in [0.3, 0.4) is 0 Å². The second-order valence-corrected chi connectivity index (χ2v) is 4.73. The zero-order valence-electron chi connectivity index (χ0n) is 11.1. The molecule has 0 amide bonds. The molecule has 2 rings (SSSR count). The molecular formula is C12H19N5O2. The van der Waals surface area contributed by atoms with Gasteiger partial charge in [-0.25, -0.2) is 4.98 Å². The predicted octanol–water partition coefficient (Wildman–Crippen LogP) is 2.42. The molecule has 0 atom stereocenters. The van der Waals surface area contributed by atoms with Crippen LogP contribution < -0.4 is 10.6 Å². The van der Waals surface area contributed by atoms with Gasteiger partial charge in [0.1, 0.15) is 6.20 Å². The van der Waals surface area contributed by atoms with Crippen LogP contribution in [0.2, 0.25) is 0 Å². The lowest BCUT2D eigenvalue weighted by Gasteiger charge is -2.07. The first-order valence-electron chi connectivity index (χ1n) is 6.70. The second kappa shape index (κ2) is 6.31. The van der Waals surface area contributed by atoms with Crippen molar-refractivity contribution in [2.45, 2.75) is 32.6 Å². The van der Waals surface area contributed by atoms with Gasteiger partial charge in [0.05, 0.1) is 4.92 Å². The van der Waals surface area contributed by atoms with Crippen LogP contribution in [0.1, 0.15) is 32.6 Å². The third-order valence-electron chi connectivity index (χ3n) is 3.08. The van der Waals surface area contributed by atoms with E-state index in [0.717, 1.165) is 12.3 Å². The Balaban J connectivity index is 1.96. The molecule has 0 unspecified atom stereocenters. The van der Waals surface area contributed by atoms with E-state index < -0.39 is 4.92 Å². The minimum atomic E-state index is -0.459. The smallest absolute Gasteiger partial charge is 0.329 e. The Labute approximate surface area is 112 Å². The van der Waals surface area contributed by atoms with Gasteiger partial charge < -0.3 is 10.6 Å². The summed E-state index contributed by atoms with van der Waals surface area (Å²) in [4.78, 5) is 18.5. The fourth-order valence-electron chi connectivity index (χ4n) is 1.89. The summed E-state index contributed by atoms with van der Waals surface area (Å²) in [5.74, 6) is 1.59. The van der Waals surface area contributed by atoms with Crippen molar-refractivity contribution in [3.63, 3.8) is 0 Å². The van der Waals surface area contributed by atoms with E-state index in [4.69, 9.17) is 0 Å². The van der Waals surface area contributed by atoms with E-state index in [1.165, 1.54) is 25.5 Å². The first kappa shape index (κ1) is 13.5. The third kappa shape index (κ3) is 4.04. The average molecular weight is 265 g/mol. The molecule has 0 radical (unpaired) electrons.